The first kappa shape index (κ1) is 12.5. The van der Waals surface area contributed by atoms with E-state index in [1.54, 1.807) is 7.05 Å². The van der Waals surface area contributed by atoms with E-state index in [9.17, 15) is 8.78 Å². The van der Waals surface area contributed by atoms with Crippen molar-refractivity contribution in [3.05, 3.63) is 41.1 Å². The molecule has 2 aromatic rings. The molecular formula is C11H9ClF2N4. The average Bonchev–Trinajstić information content (AvgIpc) is 2.36. The SMILES string of the molecule is CNc1ncc(Cl)c(Nc2c(F)cccc2F)n1. The lowest BCUT2D eigenvalue weighted by molar-refractivity contribution is 0.590. The fourth-order valence-electron chi connectivity index (χ4n) is 1.31. The number of benzene rings is 1. The summed E-state index contributed by atoms with van der Waals surface area (Å²) in [5, 5.41) is 5.38. The number of nitrogens with zero attached hydrogens (tertiary/aromatic N) is 2. The average molecular weight is 271 g/mol. The highest BCUT2D eigenvalue weighted by Crippen LogP contribution is 2.26. The van der Waals surface area contributed by atoms with Crippen molar-refractivity contribution < 1.29 is 8.78 Å². The van der Waals surface area contributed by atoms with E-state index in [0.29, 0.717) is 5.95 Å². The van der Waals surface area contributed by atoms with Gasteiger partial charge >= 0.3 is 0 Å². The van der Waals surface area contributed by atoms with E-state index in [0.717, 1.165) is 12.1 Å². The maximum Gasteiger partial charge on any atom is 0.224 e. The summed E-state index contributed by atoms with van der Waals surface area (Å²) < 4.78 is 26.9. The first-order valence-corrected chi connectivity index (χ1v) is 5.41. The minimum atomic E-state index is -0.726. The quantitative estimate of drug-likeness (QED) is 0.899. The largest absolute Gasteiger partial charge is 0.357 e. The molecule has 0 atom stereocenters. The van der Waals surface area contributed by atoms with Gasteiger partial charge in [0.25, 0.3) is 0 Å². The van der Waals surface area contributed by atoms with Crippen LogP contribution in [0.4, 0.5) is 26.2 Å². The normalized spacial score (nSPS) is 10.2. The third-order valence-electron chi connectivity index (χ3n) is 2.17. The molecule has 0 bridgehead atoms. The molecule has 0 radical (unpaired) electrons. The monoisotopic (exact) mass is 270 g/mol. The summed E-state index contributed by atoms with van der Waals surface area (Å²) in [7, 11) is 1.62. The maximum absolute atomic E-state index is 13.4. The predicted octanol–water partition coefficient (Wildman–Crippen LogP) is 3.19. The fraction of sp³-hybridized carbons (Fsp3) is 0.0909. The predicted molar refractivity (Wildman–Crippen MR) is 66.2 cm³/mol. The number of rotatable bonds is 3. The summed E-state index contributed by atoms with van der Waals surface area (Å²) >= 11 is 5.85. The van der Waals surface area contributed by atoms with Crippen molar-refractivity contribution in [3.63, 3.8) is 0 Å². The van der Waals surface area contributed by atoms with Gasteiger partial charge in [-0.15, -0.1) is 0 Å². The Labute approximate surface area is 107 Å². The van der Waals surface area contributed by atoms with Crippen LogP contribution in [0.3, 0.4) is 0 Å². The van der Waals surface area contributed by atoms with Crippen LogP contribution in [0.5, 0.6) is 0 Å². The van der Waals surface area contributed by atoms with E-state index in [4.69, 9.17) is 11.6 Å². The van der Waals surface area contributed by atoms with Gasteiger partial charge in [-0.3, -0.25) is 0 Å². The van der Waals surface area contributed by atoms with Gasteiger partial charge in [0.05, 0.1) is 6.20 Å². The van der Waals surface area contributed by atoms with E-state index >= 15 is 0 Å². The lowest BCUT2D eigenvalue weighted by atomic mass is 10.3. The molecule has 18 heavy (non-hydrogen) atoms. The summed E-state index contributed by atoms with van der Waals surface area (Å²) in [6.07, 6.45) is 1.33. The lowest BCUT2D eigenvalue weighted by Gasteiger charge is -2.10. The van der Waals surface area contributed by atoms with E-state index in [1.165, 1.54) is 12.3 Å². The molecule has 4 nitrogen and oxygen atoms in total. The molecule has 0 saturated heterocycles. The minimum Gasteiger partial charge on any atom is -0.357 e. The highest BCUT2D eigenvalue weighted by atomic mass is 35.5. The summed E-state index contributed by atoms with van der Waals surface area (Å²) in [6.45, 7) is 0. The summed E-state index contributed by atoms with van der Waals surface area (Å²) in [5.41, 5.74) is -0.305. The van der Waals surface area contributed by atoms with Crippen LogP contribution >= 0.6 is 11.6 Å². The van der Waals surface area contributed by atoms with Crippen LogP contribution in [-0.4, -0.2) is 17.0 Å². The summed E-state index contributed by atoms with van der Waals surface area (Å²) in [6, 6.07) is 3.55. The number of anilines is 3. The molecule has 0 amide bonds. The van der Waals surface area contributed by atoms with Crippen molar-refractivity contribution in [3.8, 4) is 0 Å². The van der Waals surface area contributed by atoms with Crippen LogP contribution in [-0.2, 0) is 0 Å². The van der Waals surface area contributed by atoms with Crippen molar-refractivity contribution in [2.45, 2.75) is 0 Å². The van der Waals surface area contributed by atoms with Crippen molar-refractivity contribution >= 4 is 29.1 Å². The van der Waals surface area contributed by atoms with Gasteiger partial charge in [0.15, 0.2) is 5.82 Å². The number of hydrogen-bond acceptors (Lipinski definition) is 4. The Kier molecular flexibility index (Phi) is 3.57. The molecule has 0 spiro atoms. The molecule has 2 N–H and O–H groups in total. The van der Waals surface area contributed by atoms with Crippen LogP contribution in [0.25, 0.3) is 0 Å². The van der Waals surface area contributed by atoms with Gasteiger partial charge in [-0.25, -0.2) is 13.8 Å². The molecule has 0 unspecified atom stereocenters. The van der Waals surface area contributed by atoms with Crippen LogP contribution in [0.2, 0.25) is 5.02 Å². The first-order valence-electron chi connectivity index (χ1n) is 5.03. The van der Waals surface area contributed by atoms with Crippen LogP contribution < -0.4 is 10.6 Å². The second-order valence-corrected chi connectivity index (χ2v) is 3.77. The van der Waals surface area contributed by atoms with Gasteiger partial charge in [-0.2, -0.15) is 4.98 Å². The number of nitrogens with one attached hydrogen (secondary N) is 2. The Morgan fingerprint density at radius 1 is 1.22 bits per heavy atom. The maximum atomic E-state index is 13.4. The smallest absolute Gasteiger partial charge is 0.224 e. The van der Waals surface area contributed by atoms with E-state index in [-0.39, 0.29) is 16.5 Å². The van der Waals surface area contributed by atoms with Crippen LogP contribution in [0, 0.1) is 11.6 Å². The molecule has 1 aromatic carbocycles. The first-order chi connectivity index (χ1) is 8.61. The molecular weight excluding hydrogens is 262 g/mol. The Morgan fingerprint density at radius 3 is 2.50 bits per heavy atom. The van der Waals surface area contributed by atoms with Crippen LogP contribution in [0.15, 0.2) is 24.4 Å². The fourth-order valence-corrected chi connectivity index (χ4v) is 1.45. The Bertz CT molecular complexity index is 557. The summed E-state index contributed by atoms with van der Waals surface area (Å²) in [5.74, 6) is -1.04. The van der Waals surface area contributed by atoms with E-state index in [1.807, 2.05) is 0 Å². The number of hydrogen-bond donors (Lipinski definition) is 2. The van der Waals surface area contributed by atoms with Gasteiger partial charge < -0.3 is 10.6 Å². The second-order valence-electron chi connectivity index (χ2n) is 3.36. The molecule has 0 aliphatic heterocycles. The Morgan fingerprint density at radius 2 is 1.89 bits per heavy atom. The lowest BCUT2D eigenvalue weighted by Crippen LogP contribution is -2.03. The second kappa shape index (κ2) is 5.14. The Hall–Kier alpha value is -1.95. The van der Waals surface area contributed by atoms with Gasteiger partial charge in [-0.1, -0.05) is 17.7 Å². The molecule has 1 heterocycles. The molecule has 0 aliphatic carbocycles. The third-order valence-corrected chi connectivity index (χ3v) is 2.45. The van der Waals surface area contributed by atoms with Crippen molar-refractivity contribution in [1.82, 2.24) is 9.97 Å². The molecule has 1 aromatic heterocycles. The summed E-state index contributed by atoms with van der Waals surface area (Å²) in [4.78, 5) is 7.83. The zero-order valence-corrected chi connectivity index (χ0v) is 10.1. The standard InChI is InChI=1S/C11H9ClF2N4/c1-15-11-16-5-6(12)10(18-11)17-9-7(13)3-2-4-8(9)14/h2-5H,1H3,(H2,15,16,17,18). The number of aromatic nitrogens is 2. The topological polar surface area (TPSA) is 49.8 Å². The van der Waals surface area contributed by atoms with Gasteiger partial charge in [0, 0.05) is 7.05 Å². The molecule has 0 saturated carbocycles. The van der Waals surface area contributed by atoms with Gasteiger partial charge in [0.1, 0.15) is 22.3 Å². The molecule has 0 fully saturated rings. The highest BCUT2D eigenvalue weighted by molar-refractivity contribution is 6.32. The third kappa shape index (κ3) is 2.48. The molecule has 94 valence electrons. The van der Waals surface area contributed by atoms with Crippen molar-refractivity contribution in [1.29, 1.82) is 0 Å². The van der Waals surface area contributed by atoms with Gasteiger partial charge in [0.2, 0.25) is 5.95 Å². The van der Waals surface area contributed by atoms with Crippen molar-refractivity contribution in [2.75, 3.05) is 17.7 Å². The van der Waals surface area contributed by atoms with E-state index in [2.05, 4.69) is 20.6 Å². The zero-order chi connectivity index (χ0) is 13.1. The zero-order valence-electron chi connectivity index (χ0n) is 9.34. The molecule has 7 heteroatoms. The number of halogens is 3. The minimum absolute atomic E-state index is 0.125. The molecule has 2 rings (SSSR count). The van der Waals surface area contributed by atoms with Crippen molar-refractivity contribution in [2.24, 2.45) is 0 Å². The molecule has 0 aliphatic rings. The van der Waals surface area contributed by atoms with Gasteiger partial charge in [-0.05, 0) is 12.1 Å². The highest BCUT2D eigenvalue weighted by Gasteiger charge is 2.12. The Balaban J connectivity index is 2.39. The number of para-hydroxylation sites is 1. The van der Waals surface area contributed by atoms with E-state index < -0.39 is 11.6 Å². The van der Waals surface area contributed by atoms with Crippen LogP contribution in [0.1, 0.15) is 0 Å².